The number of hydrogen-bond donors (Lipinski definition) is 2. The molecule has 19 heavy (non-hydrogen) atoms. The van der Waals surface area contributed by atoms with E-state index in [1.165, 1.54) is 11.3 Å². The summed E-state index contributed by atoms with van der Waals surface area (Å²) in [6.07, 6.45) is 0. The Morgan fingerprint density at radius 3 is 3.00 bits per heavy atom. The van der Waals surface area contributed by atoms with Gasteiger partial charge in [-0.2, -0.15) is 0 Å². The van der Waals surface area contributed by atoms with E-state index >= 15 is 0 Å². The maximum atomic E-state index is 12.4. The van der Waals surface area contributed by atoms with Crippen molar-refractivity contribution in [1.29, 1.82) is 0 Å². The summed E-state index contributed by atoms with van der Waals surface area (Å²) in [6.45, 7) is 4.09. The molecule has 2 fully saturated rings. The highest BCUT2D eigenvalue weighted by atomic mass is 32.1. The highest BCUT2D eigenvalue weighted by Gasteiger charge is 2.37. The molecule has 2 aliphatic rings. The summed E-state index contributed by atoms with van der Waals surface area (Å²) in [5.74, 6) is -0.0364. The first kappa shape index (κ1) is 12.2. The van der Waals surface area contributed by atoms with Crippen molar-refractivity contribution < 1.29 is 9.59 Å². The molecular weight excluding hydrogens is 266 g/mol. The first-order valence-electron chi connectivity index (χ1n) is 6.13. The first-order valence-corrected chi connectivity index (χ1v) is 6.94. The van der Waals surface area contributed by atoms with Crippen molar-refractivity contribution in [3.63, 3.8) is 0 Å². The Morgan fingerprint density at radius 2 is 2.32 bits per heavy atom. The number of hydrogen-bond acceptors (Lipinski definition) is 5. The molecule has 3 heterocycles. The number of urea groups is 1. The molecule has 7 nitrogen and oxygen atoms in total. The third-order valence-electron chi connectivity index (χ3n) is 3.53. The molecule has 0 spiro atoms. The van der Waals surface area contributed by atoms with Crippen LogP contribution in [0, 0.1) is 6.92 Å². The molecule has 102 valence electrons. The molecule has 3 rings (SSSR count). The molecular formula is C11H15N5O2S. The summed E-state index contributed by atoms with van der Waals surface area (Å²) < 4.78 is 0. The molecule has 1 aromatic heterocycles. The van der Waals surface area contributed by atoms with E-state index < -0.39 is 0 Å². The standard InChI is InChI=1S/C11H15N5O2S/c1-6-8(19-10(12)14-6)9(17)15-2-3-16-7(5-15)4-13-11(16)18/h7H,2-5H2,1H3,(H2,12,14)(H,13,18). The molecule has 8 heteroatoms. The van der Waals surface area contributed by atoms with Gasteiger partial charge in [0, 0.05) is 26.2 Å². The second-order valence-electron chi connectivity index (χ2n) is 4.75. The predicted molar refractivity (Wildman–Crippen MR) is 71.1 cm³/mol. The van der Waals surface area contributed by atoms with Crippen molar-refractivity contribution in [2.24, 2.45) is 0 Å². The van der Waals surface area contributed by atoms with Crippen LogP contribution in [0.2, 0.25) is 0 Å². The Morgan fingerprint density at radius 1 is 1.53 bits per heavy atom. The van der Waals surface area contributed by atoms with E-state index in [-0.39, 0.29) is 18.0 Å². The van der Waals surface area contributed by atoms with Gasteiger partial charge in [-0.1, -0.05) is 11.3 Å². The van der Waals surface area contributed by atoms with Gasteiger partial charge in [0.05, 0.1) is 11.7 Å². The normalized spacial score (nSPS) is 22.4. The molecule has 0 radical (unpaired) electrons. The van der Waals surface area contributed by atoms with Crippen LogP contribution in [0.3, 0.4) is 0 Å². The van der Waals surface area contributed by atoms with Gasteiger partial charge in [0.25, 0.3) is 5.91 Å². The second-order valence-corrected chi connectivity index (χ2v) is 5.78. The lowest BCUT2D eigenvalue weighted by atomic mass is 10.2. The van der Waals surface area contributed by atoms with E-state index in [1.54, 1.807) is 16.7 Å². The topological polar surface area (TPSA) is 91.6 Å². The number of aryl methyl sites for hydroxylation is 1. The van der Waals surface area contributed by atoms with Crippen molar-refractivity contribution >= 4 is 28.4 Å². The highest BCUT2D eigenvalue weighted by Crippen LogP contribution is 2.23. The van der Waals surface area contributed by atoms with Gasteiger partial charge in [-0.05, 0) is 6.92 Å². The minimum atomic E-state index is -0.0364. The van der Waals surface area contributed by atoms with Crippen LogP contribution >= 0.6 is 11.3 Å². The fourth-order valence-electron chi connectivity index (χ4n) is 2.55. The minimum absolute atomic E-state index is 0.0321. The third kappa shape index (κ3) is 2.01. The number of aromatic nitrogens is 1. The fraction of sp³-hybridized carbons (Fsp3) is 0.545. The maximum absolute atomic E-state index is 12.4. The van der Waals surface area contributed by atoms with Crippen LogP contribution in [-0.2, 0) is 0 Å². The molecule has 1 aromatic rings. The number of anilines is 1. The van der Waals surface area contributed by atoms with Gasteiger partial charge in [-0.25, -0.2) is 9.78 Å². The van der Waals surface area contributed by atoms with Crippen LogP contribution in [0.25, 0.3) is 0 Å². The molecule has 1 unspecified atom stereocenters. The molecule has 1 atom stereocenters. The lowest BCUT2D eigenvalue weighted by Crippen LogP contribution is -2.53. The Hall–Kier alpha value is -1.83. The van der Waals surface area contributed by atoms with Crippen molar-refractivity contribution in [2.75, 3.05) is 31.9 Å². The highest BCUT2D eigenvalue weighted by molar-refractivity contribution is 7.17. The van der Waals surface area contributed by atoms with Crippen LogP contribution < -0.4 is 11.1 Å². The smallest absolute Gasteiger partial charge is 0.317 e. The van der Waals surface area contributed by atoms with Gasteiger partial charge < -0.3 is 20.9 Å². The molecule has 3 N–H and O–H groups in total. The van der Waals surface area contributed by atoms with E-state index in [0.29, 0.717) is 41.9 Å². The average molecular weight is 281 g/mol. The van der Waals surface area contributed by atoms with E-state index in [9.17, 15) is 9.59 Å². The average Bonchev–Trinajstić information content (AvgIpc) is 2.92. The van der Waals surface area contributed by atoms with Gasteiger partial charge in [0.2, 0.25) is 0 Å². The largest absolute Gasteiger partial charge is 0.375 e. The van der Waals surface area contributed by atoms with E-state index in [4.69, 9.17) is 5.73 Å². The van der Waals surface area contributed by atoms with Crippen molar-refractivity contribution in [2.45, 2.75) is 13.0 Å². The second kappa shape index (κ2) is 4.37. The van der Waals surface area contributed by atoms with E-state index in [2.05, 4.69) is 10.3 Å². The summed E-state index contributed by atoms with van der Waals surface area (Å²) >= 11 is 1.22. The van der Waals surface area contributed by atoms with E-state index in [0.717, 1.165) is 0 Å². The van der Waals surface area contributed by atoms with E-state index in [1.807, 2.05) is 0 Å². The molecule has 2 aliphatic heterocycles. The molecule has 2 saturated heterocycles. The van der Waals surface area contributed by atoms with Gasteiger partial charge in [-0.15, -0.1) is 0 Å². The number of carbonyl (C=O) groups is 2. The number of amides is 3. The molecule has 0 aromatic carbocycles. The van der Waals surface area contributed by atoms with Crippen molar-refractivity contribution in [1.82, 2.24) is 20.1 Å². The summed E-state index contributed by atoms with van der Waals surface area (Å²) in [5.41, 5.74) is 6.30. The lowest BCUT2D eigenvalue weighted by molar-refractivity contribution is 0.0620. The quantitative estimate of drug-likeness (QED) is 0.751. The maximum Gasteiger partial charge on any atom is 0.317 e. The SMILES string of the molecule is Cc1nc(N)sc1C(=O)N1CCN2C(=O)NCC2C1. The summed E-state index contributed by atoms with van der Waals surface area (Å²) in [7, 11) is 0. The Kier molecular flexibility index (Phi) is 2.81. The molecule has 0 aliphatic carbocycles. The number of carbonyl (C=O) groups excluding carboxylic acids is 2. The van der Waals surface area contributed by atoms with Gasteiger partial charge >= 0.3 is 6.03 Å². The van der Waals surface area contributed by atoms with Crippen molar-refractivity contribution in [3.8, 4) is 0 Å². The van der Waals surface area contributed by atoms with Gasteiger partial charge in [0.1, 0.15) is 4.88 Å². The van der Waals surface area contributed by atoms with Crippen LogP contribution in [-0.4, -0.2) is 58.9 Å². The summed E-state index contributed by atoms with van der Waals surface area (Å²) in [5, 5.41) is 3.21. The molecule has 0 bridgehead atoms. The zero-order valence-electron chi connectivity index (χ0n) is 10.5. The van der Waals surface area contributed by atoms with Crippen LogP contribution in [0.5, 0.6) is 0 Å². The number of nitrogens with two attached hydrogens (primary N) is 1. The zero-order valence-corrected chi connectivity index (χ0v) is 11.4. The first-order chi connectivity index (χ1) is 9.06. The monoisotopic (exact) mass is 281 g/mol. The number of fused-ring (bicyclic) bond motifs is 1. The van der Waals surface area contributed by atoms with Crippen LogP contribution in [0.15, 0.2) is 0 Å². The number of rotatable bonds is 1. The Balaban J connectivity index is 1.75. The number of nitrogens with zero attached hydrogens (tertiary/aromatic N) is 3. The molecule has 3 amide bonds. The molecule has 0 saturated carbocycles. The zero-order chi connectivity index (χ0) is 13.6. The predicted octanol–water partition coefficient (Wildman–Crippen LogP) is -0.117. The fourth-order valence-corrected chi connectivity index (χ4v) is 3.35. The summed E-state index contributed by atoms with van der Waals surface area (Å²) in [6, 6.07) is 0.0473. The van der Waals surface area contributed by atoms with Crippen LogP contribution in [0.4, 0.5) is 9.93 Å². The number of piperazine rings is 1. The van der Waals surface area contributed by atoms with Gasteiger partial charge in [-0.3, -0.25) is 4.79 Å². The minimum Gasteiger partial charge on any atom is -0.375 e. The Labute approximate surface area is 114 Å². The third-order valence-corrected chi connectivity index (χ3v) is 4.50. The number of nitrogen functional groups attached to an aromatic ring is 1. The van der Waals surface area contributed by atoms with Gasteiger partial charge in [0.15, 0.2) is 5.13 Å². The number of thiazole rings is 1. The lowest BCUT2D eigenvalue weighted by Gasteiger charge is -2.36. The number of nitrogens with one attached hydrogen (secondary N) is 1. The Bertz CT molecular complexity index is 543. The van der Waals surface area contributed by atoms with Crippen LogP contribution in [0.1, 0.15) is 15.4 Å². The van der Waals surface area contributed by atoms with Crippen molar-refractivity contribution in [3.05, 3.63) is 10.6 Å². The summed E-state index contributed by atoms with van der Waals surface area (Å²) in [4.78, 5) is 32.2.